The summed E-state index contributed by atoms with van der Waals surface area (Å²) in [6, 6.07) is 26.0. The Kier molecular flexibility index (Phi) is 8.89. The Balaban J connectivity index is 2.00. The molecule has 0 atom stereocenters. The molecule has 0 bridgehead atoms. The van der Waals surface area contributed by atoms with Gasteiger partial charge in [-0.3, -0.25) is 0 Å². The summed E-state index contributed by atoms with van der Waals surface area (Å²) in [6.07, 6.45) is -8.12. The van der Waals surface area contributed by atoms with Crippen molar-refractivity contribution in [2.45, 2.75) is 17.8 Å². The molecule has 5 rings (SSSR count). The molecular formula is C39H28F6O2. The molecule has 2 N–H and O–H groups in total. The van der Waals surface area contributed by atoms with Gasteiger partial charge in [-0.05, 0) is 57.7 Å². The lowest BCUT2D eigenvalue weighted by molar-refractivity contribution is -0.288. The van der Waals surface area contributed by atoms with Crippen LogP contribution in [0.2, 0.25) is 0 Å². The minimum absolute atomic E-state index is 0.0513. The van der Waals surface area contributed by atoms with E-state index in [2.05, 4.69) is 13.2 Å². The molecule has 0 saturated carbocycles. The van der Waals surface area contributed by atoms with Gasteiger partial charge in [0.25, 0.3) is 0 Å². The Morgan fingerprint density at radius 3 is 1.23 bits per heavy atom. The Labute approximate surface area is 267 Å². The Morgan fingerprint density at radius 1 is 0.532 bits per heavy atom. The van der Waals surface area contributed by atoms with Crippen LogP contribution in [0.4, 0.5) is 26.3 Å². The minimum Gasteiger partial charge on any atom is -0.507 e. The molecule has 0 aliphatic rings. The van der Waals surface area contributed by atoms with Gasteiger partial charge in [0.15, 0.2) is 0 Å². The van der Waals surface area contributed by atoms with Crippen LogP contribution in [0.1, 0.15) is 16.7 Å². The first-order valence-electron chi connectivity index (χ1n) is 14.3. The van der Waals surface area contributed by atoms with Crippen LogP contribution in [0.15, 0.2) is 147 Å². The molecule has 0 aliphatic heterocycles. The maximum absolute atomic E-state index is 15.7. The van der Waals surface area contributed by atoms with E-state index in [1.807, 2.05) is 0 Å². The van der Waals surface area contributed by atoms with Crippen LogP contribution in [0, 0.1) is 0 Å². The van der Waals surface area contributed by atoms with Crippen molar-refractivity contribution >= 4 is 5.57 Å². The highest BCUT2D eigenvalue weighted by Gasteiger charge is 2.73. The van der Waals surface area contributed by atoms with E-state index in [1.165, 1.54) is 54.6 Å². The largest absolute Gasteiger partial charge is 0.507 e. The summed E-state index contributed by atoms with van der Waals surface area (Å²) in [5.41, 5.74) is -7.33. The molecule has 0 spiro atoms. The van der Waals surface area contributed by atoms with E-state index < -0.39 is 40.4 Å². The molecule has 47 heavy (non-hydrogen) atoms. The quantitative estimate of drug-likeness (QED) is 0.131. The van der Waals surface area contributed by atoms with Crippen molar-refractivity contribution in [1.82, 2.24) is 0 Å². The summed E-state index contributed by atoms with van der Waals surface area (Å²) in [5.74, 6) is -1.02. The zero-order chi connectivity index (χ0) is 34.0. The van der Waals surface area contributed by atoms with E-state index in [-0.39, 0.29) is 44.5 Å². The smallest absolute Gasteiger partial charge is 0.411 e. The predicted octanol–water partition coefficient (Wildman–Crippen LogP) is 11.3. The fourth-order valence-corrected chi connectivity index (χ4v) is 5.81. The molecular weight excluding hydrogens is 614 g/mol. The van der Waals surface area contributed by atoms with Crippen LogP contribution in [0.5, 0.6) is 11.5 Å². The van der Waals surface area contributed by atoms with Crippen molar-refractivity contribution in [3.63, 3.8) is 0 Å². The monoisotopic (exact) mass is 642 g/mol. The van der Waals surface area contributed by atoms with Crippen molar-refractivity contribution in [3.05, 3.63) is 163 Å². The van der Waals surface area contributed by atoms with Crippen LogP contribution >= 0.6 is 0 Å². The molecule has 0 radical (unpaired) electrons. The van der Waals surface area contributed by atoms with Crippen molar-refractivity contribution in [3.8, 4) is 44.9 Å². The Bertz CT molecular complexity index is 1870. The average molecular weight is 643 g/mol. The number of phenols is 2. The summed E-state index contributed by atoms with van der Waals surface area (Å²) >= 11 is 0. The first-order valence-corrected chi connectivity index (χ1v) is 14.3. The molecule has 0 unspecified atom stereocenters. The van der Waals surface area contributed by atoms with E-state index >= 15 is 26.3 Å². The molecule has 0 fully saturated rings. The lowest BCUT2D eigenvalue weighted by atomic mass is 9.70. The second kappa shape index (κ2) is 12.7. The van der Waals surface area contributed by atoms with Gasteiger partial charge < -0.3 is 10.2 Å². The van der Waals surface area contributed by atoms with E-state index in [0.717, 1.165) is 18.2 Å². The van der Waals surface area contributed by atoms with Crippen LogP contribution in [-0.2, 0) is 5.41 Å². The number of hydrogen-bond donors (Lipinski definition) is 2. The van der Waals surface area contributed by atoms with Crippen LogP contribution < -0.4 is 0 Å². The number of rotatable bonds is 8. The normalized spacial score (nSPS) is 12.5. The molecule has 238 valence electrons. The zero-order valence-electron chi connectivity index (χ0n) is 24.8. The van der Waals surface area contributed by atoms with Gasteiger partial charge in [-0.1, -0.05) is 122 Å². The van der Waals surface area contributed by atoms with E-state index in [0.29, 0.717) is 6.07 Å². The molecule has 0 aromatic heterocycles. The standard InChI is InChI=1S/C39H28F6O2/c1-3-14-25(4-2)31-21-29(22-32(35(31)46)26-15-8-5-9-16-26)37(38(40,41)42,39(43,44)45)30-23-33(27-17-10-6-11-18-27)36(47)34(24-30)28-19-12-7-13-20-28/h3-24,46-47H,1-2H2/b25-14+. The SMILES string of the molecule is C=C/C=C(\C=C)c1cc(C(c2cc(-c3ccccc3)c(O)c(-c3ccccc3)c2)(C(F)(F)F)C(F)(F)F)cc(-c2ccccc2)c1O. The number of alkyl halides is 6. The van der Waals surface area contributed by atoms with Gasteiger partial charge in [0, 0.05) is 22.3 Å². The van der Waals surface area contributed by atoms with Crippen molar-refractivity contribution in [1.29, 1.82) is 0 Å². The second-order valence-corrected chi connectivity index (χ2v) is 10.7. The average Bonchev–Trinajstić information content (AvgIpc) is 3.05. The molecule has 8 heteroatoms. The molecule has 0 aliphatic carbocycles. The lowest BCUT2D eigenvalue weighted by Crippen LogP contribution is -2.54. The van der Waals surface area contributed by atoms with Crippen LogP contribution in [-0.4, -0.2) is 22.6 Å². The molecule has 0 saturated heterocycles. The summed E-state index contributed by atoms with van der Waals surface area (Å²) < 4.78 is 94.3. The maximum atomic E-state index is 15.7. The first kappa shape index (κ1) is 32.9. The van der Waals surface area contributed by atoms with E-state index in [9.17, 15) is 10.2 Å². The second-order valence-electron chi connectivity index (χ2n) is 10.7. The highest BCUT2D eigenvalue weighted by Crippen LogP contribution is 2.59. The van der Waals surface area contributed by atoms with E-state index in [4.69, 9.17) is 0 Å². The lowest BCUT2D eigenvalue weighted by Gasteiger charge is -2.39. The number of benzene rings is 5. The summed E-state index contributed by atoms with van der Waals surface area (Å²) in [6.45, 7) is 7.22. The van der Waals surface area contributed by atoms with E-state index in [1.54, 1.807) is 54.6 Å². The number of halogens is 6. The highest BCUT2D eigenvalue weighted by molar-refractivity contribution is 5.87. The fraction of sp³-hybridized carbons (Fsp3) is 0.0769. The van der Waals surface area contributed by atoms with Gasteiger partial charge in [0.1, 0.15) is 11.5 Å². The van der Waals surface area contributed by atoms with Crippen molar-refractivity contribution < 1.29 is 36.6 Å². The summed E-state index contributed by atoms with van der Waals surface area (Å²) in [5, 5.41) is 22.7. The third-order valence-corrected chi connectivity index (χ3v) is 8.02. The molecule has 0 amide bonds. The van der Waals surface area contributed by atoms with Crippen molar-refractivity contribution in [2.75, 3.05) is 0 Å². The van der Waals surface area contributed by atoms with Gasteiger partial charge in [0.2, 0.25) is 5.41 Å². The van der Waals surface area contributed by atoms with Gasteiger partial charge in [-0.2, -0.15) is 26.3 Å². The van der Waals surface area contributed by atoms with Crippen LogP contribution in [0.3, 0.4) is 0 Å². The zero-order valence-corrected chi connectivity index (χ0v) is 24.8. The summed E-state index contributed by atoms with van der Waals surface area (Å²) in [4.78, 5) is 0. The number of aromatic hydroxyl groups is 2. The number of hydrogen-bond acceptors (Lipinski definition) is 2. The van der Waals surface area contributed by atoms with Crippen molar-refractivity contribution in [2.24, 2.45) is 0 Å². The van der Waals surface area contributed by atoms with Crippen LogP contribution in [0.25, 0.3) is 39.0 Å². The fourth-order valence-electron chi connectivity index (χ4n) is 5.81. The van der Waals surface area contributed by atoms with Gasteiger partial charge in [-0.15, -0.1) is 0 Å². The Morgan fingerprint density at radius 2 is 0.894 bits per heavy atom. The number of phenolic OH excluding ortho intramolecular Hbond substituents is 2. The van der Waals surface area contributed by atoms with Gasteiger partial charge in [-0.25, -0.2) is 0 Å². The minimum atomic E-state index is -5.97. The Hall–Kier alpha value is -5.50. The third kappa shape index (κ3) is 5.83. The first-order chi connectivity index (χ1) is 22.3. The van der Waals surface area contributed by atoms with Gasteiger partial charge >= 0.3 is 12.4 Å². The predicted molar refractivity (Wildman–Crippen MR) is 174 cm³/mol. The molecule has 0 heterocycles. The highest BCUT2D eigenvalue weighted by atomic mass is 19.4. The topological polar surface area (TPSA) is 40.5 Å². The van der Waals surface area contributed by atoms with Gasteiger partial charge in [0.05, 0.1) is 0 Å². The molecule has 2 nitrogen and oxygen atoms in total. The third-order valence-electron chi connectivity index (χ3n) is 8.02. The molecule has 5 aromatic rings. The molecule has 5 aromatic carbocycles. The number of allylic oxidation sites excluding steroid dienone is 4. The maximum Gasteiger partial charge on any atom is 0.411 e. The summed E-state index contributed by atoms with van der Waals surface area (Å²) in [7, 11) is 0.